The van der Waals surface area contributed by atoms with Gasteiger partial charge in [0.2, 0.25) is 0 Å². The Labute approximate surface area is 168 Å². The van der Waals surface area contributed by atoms with Gasteiger partial charge in [0.15, 0.2) is 6.61 Å². The Balaban J connectivity index is 1.88. The molecule has 1 amide bonds. The first-order valence-electron chi connectivity index (χ1n) is 8.83. The van der Waals surface area contributed by atoms with E-state index in [1.807, 2.05) is 0 Å². The van der Waals surface area contributed by atoms with Crippen LogP contribution in [0.4, 0.5) is 0 Å². The van der Waals surface area contributed by atoms with Gasteiger partial charge in [-0.1, -0.05) is 24.3 Å². The molecular weight excluding hydrogens is 374 g/mol. The lowest BCUT2D eigenvalue weighted by molar-refractivity contribution is -0.150. The van der Waals surface area contributed by atoms with E-state index in [1.54, 1.807) is 62.6 Å². The maximum atomic E-state index is 12.2. The largest absolute Gasteiger partial charge is 0.455 e. The van der Waals surface area contributed by atoms with Crippen molar-refractivity contribution >= 4 is 23.7 Å². The third-order valence-electron chi connectivity index (χ3n) is 3.92. The number of hydrogen-bond donors (Lipinski definition) is 2. The molecule has 8 heteroatoms. The van der Waals surface area contributed by atoms with Crippen molar-refractivity contribution in [3.8, 4) is 5.75 Å². The van der Waals surface area contributed by atoms with Crippen LogP contribution in [-0.2, 0) is 27.2 Å². The summed E-state index contributed by atoms with van der Waals surface area (Å²) in [6.07, 6.45) is 0.328. The Morgan fingerprint density at radius 3 is 2.03 bits per heavy atom. The highest BCUT2D eigenvalue weighted by atomic mass is 16.5. The number of nitrogens with two attached hydrogens (primary N) is 1. The van der Waals surface area contributed by atoms with Gasteiger partial charge in [-0.25, -0.2) is 4.79 Å². The Morgan fingerprint density at radius 1 is 0.931 bits per heavy atom. The summed E-state index contributed by atoms with van der Waals surface area (Å²) in [5.74, 6) is -0.925. The van der Waals surface area contributed by atoms with Gasteiger partial charge in [-0.3, -0.25) is 15.0 Å². The fourth-order valence-electron chi connectivity index (χ4n) is 2.31. The molecule has 29 heavy (non-hydrogen) atoms. The molecule has 0 aliphatic heterocycles. The molecule has 0 saturated carbocycles. The van der Waals surface area contributed by atoms with Crippen LogP contribution in [0, 0.1) is 5.41 Å². The molecule has 0 heterocycles. The monoisotopic (exact) mass is 397 g/mol. The zero-order valence-corrected chi connectivity index (χ0v) is 16.3. The first kappa shape index (κ1) is 21.6. The number of nitrogens with zero attached hydrogens (tertiary/aromatic N) is 1. The lowest BCUT2D eigenvalue weighted by Gasteiger charge is -2.10. The average molecular weight is 397 g/mol. The number of carbonyl (C=O) groups is 3. The number of benzene rings is 2. The first-order valence-corrected chi connectivity index (χ1v) is 8.83. The molecular formula is C21H23N3O5. The highest BCUT2D eigenvalue weighted by Gasteiger charge is 2.12. The average Bonchev–Trinajstić information content (AvgIpc) is 2.67. The number of hydrogen-bond acceptors (Lipinski definition) is 6. The molecule has 0 aliphatic carbocycles. The minimum Gasteiger partial charge on any atom is -0.455 e. The fraction of sp³-hybridized carbons (Fsp3) is 0.238. The van der Waals surface area contributed by atoms with E-state index in [0.717, 1.165) is 5.56 Å². The Morgan fingerprint density at radius 2 is 1.48 bits per heavy atom. The number of amidine groups is 1. The molecule has 2 rings (SSSR count). The lowest BCUT2D eigenvalue weighted by atomic mass is 10.1. The standard InChI is InChI=1S/C21H23N3O5/c1-24(2)19(25)13-28-20(26)12-15-3-7-16(8-4-15)21(27)29-17-9-5-14(6-10-17)11-18(22)23/h3-10H,11-13H2,1-2H3,(H3,22,23). The summed E-state index contributed by atoms with van der Waals surface area (Å²) in [7, 11) is 3.16. The van der Waals surface area contributed by atoms with E-state index in [2.05, 4.69) is 0 Å². The van der Waals surface area contributed by atoms with Gasteiger partial charge in [-0.2, -0.15) is 0 Å². The third-order valence-corrected chi connectivity index (χ3v) is 3.92. The molecule has 0 aliphatic rings. The van der Waals surface area contributed by atoms with E-state index in [-0.39, 0.29) is 24.8 Å². The number of nitrogens with one attached hydrogen (secondary N) is 1. The lowest BCUT2D eigenvalue weighted by Crippen LogP contribution is -2.27. The molecule has 8 nitrogen and oxygen atoms in total. The number of esters is 2. The number of carbonyl (C=O) groups excluding carboxylic acids is 3. The van der Waals surface area contributed by atoms with E-state index in [4.69, 9.17) is 20.6 Å². The Hall–Kier alpha value is -3.68. The molecule has 0 spiro atoms. The van der Waals surface area contributed by atoms with Crippen LogP contribution in [0.1, 0.15) is 21.5 Å². The normalized spacial score (nSPS) is 10.1. The number of rotatable bonds is 8. The van der Waals surface area contributed by atoms with Crippen LogP contribution in [-0.4, -0.2) is 49.3 Å². The van der Waals surface area contributed by atoms with E-state index >= 15 is 0 Å². The van der Waals surface area contributed by atoms with Crippen molar-refractivity contribution in [2.24, 2.45) is 5.73 Å². The summed E-state index contributed by atoms with van der Waals surface area (Å²) in [6, 6.07) is 13.1. The van der Waals surface area contributed by atoms with Crippen molar-refractivity contribution in [1.29, 1.82) is 5.41 Å². The maximum absolute atomic E-state index is 12.2. The second-order valence-corrected chi connectivity index (χ2v) is 6.56. The van der Waals surface area contributed by atoms with E-state index in [0.29, 0.717) is 23.3 Å². The van der Waals surface area contributed by atoms with E-state index < -0.39 is 11.9 Å². The smallest absolute Gasteiger partial charge is 0.343 e. The molecule has 0 aromatic heterocycles. The van der Waals surface area contributed by atoms with Crippen LogP contribution in [0.2, 0.25) is 0 Å². The van der Waals surface area contributed by atoms with Gasteiger partial charge in [0, 0.05) is 20.5 Å². The van der Waals surface area contributed by atoms with Gasteiger partial charge in [-0.05, 0) is 35.4 Å². The topological polar surface area (TPSA) is 123 Å². The molecule has 0 bridgehead atoms. The van der Waals surface area contributed by atoms with Crippen molar-refractivity contribution in [3.05, 3.63) is 65.2 Å². The highest BCUT2D eigenvalue weighted by molar-refractivity contribution is 5.91. The zero-order chi connectivity index (χ0) is 21.4. The van der Waals surface area contributed by atoms with Crippen LogP contribution < -0.4 is 10.5 Å². The van der Waals surface area contributed by atoms with Crippen LogP contribution in [0.25, 0.3) is 0 Å². The van der Waals surface area contributed by atoms with Crippen molar-refractivity contribution in [2.75, 3.05) is 20.7 Å². The van der Waals surface area contributed by atoms with Crippen molar-refractivity contribution in [1.82, 2.24) is 4.90 Å². The van der Waals surface area contributed by atoms with Gasteiger partial charge in [0.25, 0.3) is 5.91 Å². The van der Waals surface area contributed by atoms with Crippen LogP contribution in [0.15, 0.2) is 48.5 Å². The third kappa shape index (κ3) is 7.10. The molecule has 152 valence electrons. The van der Waals surface area contributed by atoms with Gasteiger partial charge < -0.3 is 20.1 Å². The molecule has 0 radical (unpaired) electrons. The minimum absolute atomic E-state index is 0.00630. The maximum Gasteiger partial charge on any atom is 0.343 e. The van der Waals surface area contributed by atoms with Crippen molar-refractivity contribution in [3.63, 3.8) is 0 Å². The van der Waals surface area contributed by atoms with Crippen LogP contribution in [0.3, 0.4) is 0 Å². The van der Waals surface area contributed by atoms with Crippen molar-refractivity contribution in [2.45, 2.75) is 12.8 Å². The van der Waals surface area contributed by atoms with Gasteiger partial charge in [-0.15, -0.1) is 0 Å². The van der Waals surface area contributed by atoms with Gasteiger partial charge in [0.05, 0.1) is 17.8 Å². The summed E-state index contributed by atoms with van der Waals surface area (Å²) in [5.41, 5.74) is 7.19. The summed E-state index contributed by atoms with van der Waals surface area (Å²) in [5, 5.41) is 7.28. The molecule has 2 aromatic carbocycles. The second kappa shape index (κ2) is 10.0. The molecule has 0 unspecified atom stereocenters. The molecule has 2 aromatic rings. The van der Waals surface area contributed by atoms with E-state index in [9.17, 15) is 14.4 Å². The molecule has 3 N–H and O–H groups in total. The molecule has 0 atom stereocenters. The molecule has 0 saturated heterocycles. The highest BCUT2D eigenvalue weighted by Crippen LogP contribution is 2.15. The Kier molecular flexibility index (Phi) is 7.47. The molecule has 0 fully saturated rings. The fourth-order valence-corrected chi connectivity index (χ4v) is 2.31. The summed E-state index contributed by atoms with van der Waals surface area (Å²) < 4.78 is 10.2. The quantitative estimate of drug-likeness (QED) is 0.302. The van der Waals surface area contributed by atoms with Crippen LogP contribution >= 0.6 is 0 Å². The number of amides is 1. The summed E-state index contributed by atoms with van der Waals surface area (Å²) in [4.78, 5) is 36.8. The SMILES string of the molecule is CN(C)C(=O)COC(=O)Cc1ccc(C(=O)Oc2ccc(CC(=N)N)cc2)cc1. The summed E-state index contributed by atoms with van der Waals surface area (Å²) in [6.45, 7) is -0.304. The second-order valence-electron chi connectivity index (χ2n) is 6.56. The van der Waals surface area contributed by atoms with Crippen LogP contribution in [0.5, 0.6) is 5.75 Å². The summed E-state index contributed by atoms with van der Waals surface area (Å²) >= 11 is 0. The first-order chi connectivity index (χ1) is 13.7. The predicted molar refractivity (Wildman–Crippen MR) is 107 cm³/mol. The van der Waals surface area contributed by atoms with Crippen molar-refractivity contribution < 1.29 is 23.9 Å². The number of likely N-dealkylation sites (N-methyl/N-ethyl adjacent to an activating group) is 1. The minimum atomic E-state index is -0.532. The zero-order valence-electron chi connectivity index (χ0n) is 16.3. The van der Waals surface area contributed by atoms with E-state index in [1.165, 1.54) is 4.90 Å². The Bertz CT molecular complexity index is 890. The van der Waals surface area contributed by atoms with Gasteiger partial charge >= 0.3 is 11.9 Å². The van der Waals surface area contributed by atoms with Gasteiger partial charge in [0.1, 0.15) is 5.75 Å². The predicted octanol–water partition coefficient (Wildman–Crippen LogP) is 1.56. The number of ether oxygens (including phenoxy) is 2.